The van der Waals surface area contributed by atoms with Crippen LogP contribution in [0, 0.1) is 0 Å². The molecule has 1 saturated heterocycles. The fourth-order valence-electron chi connectivity index (χ4n) is 2.67. The Balaban J connectivity index is 2.16. The summed E-state index contributed by atoms with van der Waals surface area (Å²) in [6.45, 7) is 2.38. The second-order valence-electron chi connectivity index (χ2n) is 3.92. The van der Waals surface area contributed by atoms with Gasteiger partial charge in [-0.05, 0) is 29.4 Å². The normalized spacial score (nSPS) is 31.7. The van der Waals surface area contributed by atoms with Crippen molar-refractivity contribution in [2.75, 3.05) is 13.1 Å². The van der Waals surface area contributed by atoms with Crippen molar-refractivity contribution in [3.05, 3.63) is 35.4 Å². The van der Waals surface area contributed by atoms with Crippen LogP contribution in [0.3, 0.4) is 0 Å². The molecular formula is C11H13N. The lowest BCUT2D eigenvalue weighted by atomic mass is 9.98. The summed E-state index contributed by atoms with van der Waals surface area (Å²) >= 11 is 0. The number of nitrogens with one attached hydrogen (secondary N) is 1. The SMILES string of the molecule is c1ccc2c(c1)[C@H]1CNC[C@H]2C1. The maximum Gasteiger partial charge on any atom is 0.00207 e. The molecule has 1 heterocycles. The topological polar surface area (TPSA) is 12.0 Å². The summed E-state index contributed by atoms with van der Waals surface area (Å²) in [6, 6.07) is 8.93. The van der Waals surface area contributed by atoms with Crippen molar-refractivity contribution in [2.45, 2.75) is 18.3 Å². The molecule has 1 aromatic rings. The fraction of sp³-hybridized carbons (Fsp3) is 0.455. The third-order valence-electron chi connectivity index (χ3n) is 3.23. The van der Waals surface area contributed by atoms with Crippen LogP contribution in [0.25, 0.3) is 0 Å². The zero-order valence-electron chi connectivity index (χ0n) is 7.09. The lowest BCUT2D eigenvalue weighted by Crippen LogP contribution is -2.28. The number of hydrogen-bond acceptors (Lipinski definition) is 1. The van der Waals surface area contributed by atoms with Gasteiger partial charge in [0, 0.05) is 13.1 Å². The second kappa shape index (κ2) is 2.33. The Kier molecular flexibility index (Phi) is 1.30. The van der Waals surface area contributed by atoms with E-state index in [9.17, 15) is 0 Å². The summed E-state index contributed by atoms with van der Waals surface area (Å²) in [6.07, 6.45) is 1.38. The van der Waals surface area contributed by atoms with E-state index in [1.807, 2.05) is 0 Å². The van der Waals surface area contributed by atoms with Gasteiger partial charge in [0.2, 0.25) is 0 Å². The van der Waals surface area contributed by atoms with E-state index in [1.165, 1.54) is 19.5 Å². The molecule has 1 aliphatic carbocycles. The van der Waals surface area contributed by atoms with Crippen LogP contribution in [0.4, 0.5) is 0 Å². The number of fused-ring (bicyclic) bond motifs is 5. The Morgan fingerprint density at radius 3 is 2.17 bits per heavy atom. The molecule has 0 amide bonds. The van der Waals surface area contributed by atoms with Crippen molar-refractivity contribution in [3.8, 4) is 0 Å². The molecule has 2 aliphatic rings. The number of rotatable bonds is 0. The number of hydrogen-bond donors (Lipinski definition) is 1. The molecule has 1 fully saturated rings. The van der Waals surface area contributed by atoms with Crippen molar-refractivity contribution in [2.24, 2.45) is 0 Å². The van der Waals surface area contributed by atoms with Gasteiger partial charge in [-0.3, -0.25) is 0 Å². The summed E-state index contributed by atoms with van der Waals surface area (Å²) in [5.74, 6) is 1.61. The second-order valence-corrected chi connectivity index (χ2v) is 3.92. The Morgan fingerprint density at radius 1 is 1.00 bits per heavy atom. The van der Waals surface area contributed by atoms with Crippen molar-refractivity contribution in [1.29, 1.82) is 0 Å². The van der Waals surface area contributed by atoms with Crippen molar-refractivity contribution < 1.29 is 0 Å². The van der Waals surface area contributed by atoms with Crippen LogP contribution >= 0.6 is 0 Å². The highest BCUT2D eigenvalue weighted by atomic mass is 14.9. The average molecular weight is 159 g/mol. The first-order valence-electron chi connectivity index (χ1n) is 4.74. The molecule has 62 valence electrons. The molecule has 1 heteroatoms. The average Bonchev–Trinajstić information content (AvgIpc) is 2.41. The molecular weight excluding hydrogens is 146 g/mol. The highest BCUT2D eigenvalue weighted by molar-refractivity contribution is 5.40. The monoisotopic (exact) mass is 159 g/mol. The molecule has 2 atom stereocenters. The Morgan fingerprint density at radius 2 is 1.58 bits per heavy atom. The molecule has 0 radical (unpaired) electrons. The van der Waals surface area contributed by atoms with Gasteiger partial charge in [-0.15, -0.1) is 0 Å². The molecule has 2 bridgehead atoms. The zero-order valence-corrected chi connectivity index (χ0v) is 7.09. The number of benzene rings is 1. The summed E-state index contributed by atoms with van der Waals surface area (Å²) in [7, 11) is 0. The molecule has 0 saturated carbocycles. The Labute approximate surface area is 72.8 Å². The molecule has 1 aromatic carbocycles. The van der Waals surface area contributed by atoms with E-state index < -0.39 is 0 Å². The molecule has 12 heavy (non-hydrogen) atoms. The van der Waals surface area contributed by atoms with Crippen LogP contribution in [0.1, 0.15) is 29.4 Å². The molecule has 1 nitrogen and oxygen atoms in total. The van der Waals surface area contributed by atoms with Gasteiger partial charge in [0.25, 0.3) is 0 Å². The van der Waals surface area contributed by atoms with E-state index >= 15 is 0 Å². The highest BCUT2D eigenvalue weighted by Crippen LogP contribution is 2.42. The summed E-state index contributed by atoms with van der Waals surface area (Å²) in [5, 5.41) is 3.49. The van der Waals surface area contributed by atoms with Gasteiger partial charge in [-0.2, -0.15) is 0 Å². The van der Waals surface area contributed by atoms with E-state index in [1.54, 1.807) is 11.1 Å². The van der Waals surface area contributed by atoms with Crippen LogP contribution in [0.5, 0.6) is 0 Å². The highest BCUT2D eigenvalue weighted by Gasteiger charge is 2.33. The van der Waals surface area contributed by atoms with Crippen LogP contribution in [-0.2, 0) is 0 Å². The minimum atomic E-state index is 0.806. The van der Waals surface area contributed by atoms with E-state index in [-0.39, 0.29) is 0 Å². The Hall–Kier alpha value is -0.820. The maximum atomic E-state index is 3.49. The van der Waals surface area contributed by atoms with E-state index in [4.69, 9.17) is 0 Å². The predicted octanol–water partition coefficient (Wildman–Crippen LogP) is 1.86. The zero-order chi connectivity index (χ0) is 7.97. The first kappa shape index (κ1) is 6.67. The van der Waals surface area contributed by atoms with Gasteiger partial charge in [-0.25, -0.2) is 0 Å². The van der Waals surface area contributed by atoms with E-state index in [0.717, 1.165) is 11.8 Å². The summed E-state index contributed by atoms with van der Waals surface area (Å²) < 4.78 is 0. The van der Waals surface area contributed by atoms with Gasteiger partial charge in [0.15, 0.2) is 0 Å². The number of piperidine rings is 1. The summed E-state index contributed by atoms with van der Waals surface area (Å²) in [5.41, 5.74) is 3.21. The molecule has 1 aliphatic heterocycles. The van der Waals surface area contributed by atoms with Gasteiger partial charge >= 0.3 is 0 Å². The van der Waals surface area contributed by atoms with Gasteiger partial charge in [0.05, 0.1) is 0 Å². The van der Waals surface area contributed by atoms with Gasteiger partial charge < -0.3 is 5.32 Å². The smallest absolute Gasteiger partial charge is 0.00207 e. The van der Waals surface area contributed by atoms with E-state index in [2.05, 4.69) is 29.6 Å². The molecule has 0 aromatic heterocycles. The Bertz CT molecular complexity index is 277. The minimum absolute atomic E-state index is 0.806. The molecule has 1 N–H and O–H groups in total. The van der Waals surface area contributed by atoms with Gasteiger partial charge in [-0.1, -0.05) is 24.3 Å². The summed E-state index contributed by atoms with van der Waals surface area (Å²) in [4.78, 5) is 0. The maximum absolute atomic E-state index is 3.49. The van der Waals surface area contributed by atoms with Crippen LogP contribution in [0.2, 0.25) is 0 Å². The fourth-order valence-corrected chi connectivity index (χ4v) is 2.67. The van der Waals surface area contributed by atoms with Crippen LogP contribution in [0.15, 0.2) is 24.3 Å². The first-order valence-corrected chi connectivity index (χ1v) is 4.74. The van der Waals surface area contributed by atoms with Crippen molar-refractivity contribution in [3.63, 3.8) is 0 Å². The lowest BCUT2D eigenvalue weighted by Gasteiger charge is -2.19. The van der Waals surface area contributed by atoms with Crippen molar-refractivity contribution in [1.82, 2.24) is 5.32 Å². The largest absolute Gasteiger partial charge is 0.316 e. The predicted molar refractivity (Wildman–Crippen MR) is 49.4 cm³/mol. The van der Waals surface area contributed by atoms with Gasteiger partial charge in [0.1, 0.15) is 0 Å². The van der Waals surface area contributed by atoms with Crippen molar-refractivity contribution >= 4 is 0 Å². The molecule has 0 spiro atoms. The quantitative estimate of drug-likeness (QED) is 0.609. The first-order chi connectivity index (χ1) is 5.95. The third-order valence-corrected chi connectivity index (χ3v) is 3.23. The van der Waals surface area contributed by atoms with Crippen LogP contribution < -0.4 is 5.32 Å². The molecule has 0 unspecified atom stereocenters. The lowest BCUT2D eigenvalue weighted by molar-refractivity contribution is 0.454. The van der Waals surface area contributed by atoms with E-state index in [0.29, 0.717) is 0 Å². The molecule has 3 rings (SSSR count). The van der Waals surface area contributed by atoms with Crippen LogP contribution in [-0.4, -0.2) is 13.1 Å². The minimum Gasteiger partial charge on any atom is -0.316 e. The standard InChI is InChI=1S/C11H13N/c1-2-4-11-9-5-8(6-12-7-9)10(11)3-1/h1-4,8-9,12H,5-7H2/t8-,9-/m1/s1. The third kappa shape index (κ3) is 0.774.